The number of hydrogen-bond donors (Lipinski definition) is 0. The predicted molar refractivity (Wildman–Crippen MR) is 74.4 cm³/mol. The first kappa shape index (κ1) is 15.6. The molecule has 1 aliphatic carbocycles. The number of likely N-dealkylation sites (N-methyl/N-ethyl adjacent to an activating group) is 1. The minimum Gasteiger partial charge on any atom is -0.366 e. The molecular weight excluding hydrogens is 294 g/mol. The second kappa shape index (κ2) is 5.76. The van der Waals surface area contributed by atoms with Gasteiger partial charge in [0.2, 0.25) is 17.7 Å². The molecule has 2 saturated heterocycles. The lowest BCUT2D eigenvalue weighted by Crippen LogP contribution is -2.62. The molecule has 2 aliphatic heterocycles. The fourth-order valence-electron chi connectivity index (χ4n) is 3.69. The minimum absolute atomic E-state index is 0.0255. The summed E-state index contributed by atoms with van der Waals surface area (Å²) < 4.78 is 32.0. The SMILES string of the molecule is CN1C(=O)CO[C@@H]2CCN(C(=O)C3CCC(F)(F)CC3)C[C@@H]21. The molecule has 3 aliphatic rings. The van der Waals surface area contributed by atoms with E-state index in [0.717, 1.165) is 0 Å². The number of nitrogens with zero attached hydrogens (tertiary/aromatic N) is 2. The molecule has 0 spiro atoms. The van der Waals surface area contributed by atoms with Crippen molar-refractivity contribution in [2.75, 3.05) is 26.7 Å². The van der Waals surface area contributed by atoms with Gasteiger partial charge in [0.05, 0.1) is 12.1 Å². The highest BCUT2D eigenvalue weighted by Crippen LogP contribution is 2.37. The van der Waals surface area contributed by atoms with Gasteiger partial charge in [0.1, 0.15) is 6.61 Å². The number of fused-ring (bicyclic) bond motifs is 1. The summed E-state index contributed by atoms with van der Waals surface area (Å²) >= 11 is 0. The third-order valence-electron chi connectivity index (χ3n) is 5.21. The van der Waals surface area contributed by atoms with Gasteiger partial charge < -0.3 is 14.5 Å². The molecule has 124 valence electrons. The molecule has 3 rings (SSSR count). The highest BCUT2D eigenvalue weighted by Gasteiger charge is 2.43. The molecule has 0 bridgehead atoms. The summed E-state index contributed by atoms with van der Waals surface area (Å²) in [5.74, 6) is -3.04. The van der Waals surface area contributed by atoms with Crippen LogP contribution in [0.3, 0.4) is 0 Å². The predicted octanol–water partition coefficient (Wildman–Crippen LogP) is 1.27. The highest BCUT2D eigenvalue weighted by atomic mass is 19.3. The van der Waals surface area contributed by atoms with Crippen LogP contribution >= 0.6 is 0 Å². The van der Waals surface area contributed by atoms with Crippen molar-refractivity contribution in [2.45, 2.75) is 50.2 Å². The summed E-state index contributed by atoms with van der Waals surface area (Å²) in [6.45, 7) is 1.12. The first-order valence-corrected chi connectivity index (χ1v) is 7.91. The molecule has 1 saturated carbocycles. The zero-order valence-electron chi connectivity index (χ0n) is 12.8. The Balaban J connectivity index is 1.61. The third kappa shape index (κ3) is 2.95. The lowest BCUT2D eigenvalue weighted by Gasteiger charge is -2.46. The number of rotatable bonds is 1. The zero-order chi connectivity index (χ0) is 15.9. The van der Waals surface area contributed by atoms with Crippen molar-refractivity contribution in [3.05, 3.63) is 0 Å². The lowest BCUT2D eigenvalue weighted by atomic mass is 9.85. The Labute approximate surface area is 128 Å². The summed E-state index contributed by atoms with van der Waals surface area (Å²) in [5, 5.41) is 0. The van der Waals surface area contributed by atoms with Gasteiger partial charge in [-0.1, -0.05) is 0 Å². The topological polar surface area (TPSA) is 49.9 Å². The molecule has 5 nitrogen and oxygen atoms in total. The Kier molecular flexibility index (Phi) is 4.09. The number of alkyl halides is 2. The van der Waals surface area contributed by atoms with E-state index < -0.39 is 5.92 Å². The molecule has 0 aromatic rings. The summed E-state index contributed by atoms with van der Waals surface area (Å²) in [4.78, 5) is 27.7. The lowest BCUT2D eigenvalue weighted by molar-refractivity contribution is -0.165. The molecule has 0 N–H and O–H groups in total. The maximum atomic E-state index is 13.2. The number of halogens is 2. The maximum Gasteiger partial charge on any atom is 0.248 e. The first-order chi connectivity index (χ1) is 10.4. The average Bonchev–Trinajstić information content (AvgIpc) is 2.50. The molecule has 2 heterocycles. The van der Waals surface area contributed by atoms with Gasteiger partial charge >= 0.3 is 0 Å². The van der Waals surface area contributed by atoms with Gasteiger partial charge in [-0.05, 0) is 19.3 Å². The molecule has 22 heavy (non-hydrogen) atoms. The van der Waals surface area contributed by atoms with Crippen molar-refractivity contribution in [3.8, 4) is 0 Å². The van der Waals surface area contributed by atoms with Crippen LogP contribution in [-0.2, 0) is 14.3 Å². The van der Waals surface area contributed by atoms with Crippen LogP contribution in [0.2, 0.25) is 0 Å². The summed E-state index contributed by atoms with van der Waals surface area (Å²) in [5.41, 5.74) is 0. The van der Waals surface area contributed by atoms with Gasteiger partial charge in [0.25, 0.3) is 0 Å². The minimum atomic E-state index is -2.62. The van der Waals surface area contributed by atoms with Crippen molar-refractivity contribution in [2.24, 2.45) is 5.92 Å². The molecule has 0 aromatic carbocycles. The average molecular weight is 316 g/mol. The monoisotopic (exact) mass is 316 g/mol. The molecule has 0 unspecified atom stereocenters. The van der Waals surface area contributed by atoms with Crippen LogP contribution in [0.1, 0.15) is 32.1 Å². The Morgan fingerprint density at radius 3 is 2.64 bits per heavy atom. The molecule has 3 fully saturated rings. The fourth-order valence-corrected chi connectivity index (χ4v) is 3.69. The summed E-state index contributed by atoms with van der Waals surface area (Å²) in [7, 11) is 1.73. The van der Waals surface area contributed by atoms with Gasteiger partial charge in [-0.15, -0.1) is 0 Å². The molecule has 7 heteroatoms. The van der Waals surface area contributed by atoms with Crippen molar-refractivity contribution in [1.82, 2.24) is 9.80 Å². The number of amides is 2. The van der Waals surface area contributed by atoms with Crippen molar-refractivity contribution >= 4 is 11.8 Å². The van der Waals surface area contributed by atoms with Crippen LogP contribution in [0.5, 0.6) is 0 Å². The second-order valence-electron chi connectivity index (χ2n) is 6.62. The molecule has 2 atom stereocenters. The second-order valence-corrected chi connectivity index (χ2v) is 6.62. The van der Waals surface area contributed by atoms with Gasteiger partial charge in [-0.3, -0.25) is 9.59 Å². The maximum absolute atomic E-state index is 13.2. The number of carbonyl (C=O) groups excluding carboxylic acids is 2. The first-order valence-electron chi connectivity index (χ1n) is 7.91. The quantitative estimate of drug-likeness (QED) is 0.732. The fraction of sp³-hybridized carbons (Fsp3) is 0.867. The van der Waals surface area contributed by atoms with E-state index >= 15 is 0 Å². The normalized spacial score (nSPS) is 32.8. The van der Waals surface area contributed by atoms with E-state index in [0.29, 0.717) is 19.5 Å². The highest BCUT2D eigenvalue weighted by molar-refractivity contribution is 5.80. The van der Waals surface area contributed by atoms with E-state index in [4.69, 9.17) is 4.74 Å². The molecule has 0 aromatic heterocycles. The zero-order valence-corrected chi connectivity index (χ0v) is 12.8. The van der Waals surface area contributed by atoms with E-state index in [2.05, 4.69) is 0 Å². The van der Waals surface area contributed by atoms with Crippen molar-refractivity contribution in [1.29, 1.82) is 0 Å². The van der Waals surface area contributed by atoms with Gasteiger partial charge in [0, 0.05) is 38.9 Å². The van der Waals surface area contributed by atoms with E-state index in [1.165, 1.54) is 0 Å². The number of morpholine rings is 1. The number of hydrogen-bond acceptors (Lipinski definition) is 3. The number of piperidine rings is 1. The van der Waals surface area contributed by atoms with E-state index in [1.54, 1.807) is 16.8 Å². The van der Waals surface area contributed by atoms with E-state index in [1.807, 2.05) is 0 Å². The van der Waals surface area contributed by atoms with Gasteiger partial charge in [0.15, 0.2) is 0 Å². The van der Waals surface area contributed by atoms with Crippen LogP contribution in [0.15, 0.2) is 0 Å². The molecular formula is C15H22F2N2O3. The van der Waals surface area contributed by atoms with E-state index in [-0.39, 0.29) is 62.2 Å². The van der Waals surface area contributed by atoms with Gasteiger partial charge in [-0.25, -0.2) is 8.78 Å². The van der Waals surface area contributed by atoms with Crippen LogP contribution in [0.4, 0.5) is 8.78 Å². The largest absolute Gasteiger partial charge is 0.366 e. The number of likely N-dealkylation sites (tertiary alicyclic amines) is 1. The summed E-state index contributed by atoms with van der Waals surface area (Å²) in [6.07, 6.45) is 0.762. The van der Waals surface area contributed by atoms with E-state index in [9.17, 15) is 18.4 Å². The van der Waals surface area contributed by atoms with Crippen molar-refractivity contribution < 1.29 is 23.1 Å². The standard InChI is InChI=1S/C15H22F2N2O3/c1-18-11-8-19(7-4-12(11)22-9-13(18)20)14(21)10-2-5-15(16,17)6-3-10/h10-12H,2-9H2,1H3/t11-,12+/m0/s1. The Morgan fingerprint density at radius 2 is 1.95 bits per heavy atom. The van der Waals surface area contributed by atoms with Crippen LogP contribution in [0.25, 0.3) is 0 Å². The third-order valence-corrected chi connectivity index (χ3v) is 5.21. The Morgan fingerprint density at radius 1 is 1.27 bits per heavy atom. The van der Waals surface area contributed by atoms with Gasteiger partial charge in [-0.2, -0.15) is 0 Å². The molecule has 2 amide bonds. The van der Waals surface area contributed by atoms with Crippen molar-refractivity contribution in [3.63, 3.8) is 0 Å². The number of ether oxygens (including phenoxy) is 1. The molecule has 0 radical (unpaired) electrons. The van der Waals surface area contributed by atoms with Crippen LogP contribution < -0.4 is 0 Å². The van der Waals surface area contributed by atoms with Crippen LogP contribution in [-0.4, -0.2) is 66.4 Å². The smallest absolute Gasteiger partial charge is 0.248 e. The Bertz CT molecular complexity index is 462. The number of carbonyl (C=O) groups is 2. The van der Waals surface area contributed by atoms with Crippen LogP contribution in [0, 0.1) is 5.92 Å². The Hall–Kier alpha value is -1.24. The summed E-state index contributed by atoms with van der Waals surface area (Å²) in [6, 6.07) is -0.121.